The Morgan fingerprint density at radius 1 is 1.09 bits per heavy atom. The van der Waals surface area contributed by atoms with E-state index in [0.29, 0.717) is 54.0 Å². The summed E-state index contributed by atoms with van der Waals surface area (Å²) in [6, 6.07) is 5.14. The Labute approximate surface area is 204 Å². The molecule has 1 heterocycles. The number of phenolic OH excluding ortho intramolecular Hbond substituents is 1. The molecule has 2 amide bonds. The van der Waals surface area contributed by atoms with Gasteiger partial charge in [0.2, 0.25) is 11.8 Å². The lowest BCUT2D eigenvalue weighted by molar-refractivity contribution is -0.140. The van der Waals surface area contributed by atoms with E-state index in [2.05, 4.69) is 0 Å². The number of para-hydroxylation sites is 1. The number of imide groups is 1. The Morgan fingerprint density at radius 2 is 1.86 bits per heavy atom. The third kappa shape index (κ3) is 3.39. The number of ketones is 2. The van der Waals surface area contributed by atoms with Crippen LogP contribution in [0.4, 0.5) is 0 Å². The summed E-state index contributed by atoms with van der Waals surface area (Å²) in [4.78, 5) is 54.4. The number of carbonyl (C=O) groups is 4. The van der Waals surface area contributed by atoms with Crippen LogP contribution in [0.2, 0.25) is 0 Å². The van der Waals surface area contributed by atoms with Gasteiger partial charge in [-0.2, -0.15) is 0 Å². The highest BCUT2D eigenvalue weighted by Crippen LogP contribution is 2.56. The first-order valence-electron chi connectivity index (χ1n) is 12.3. The summed E-state index contributed by atoms with van der Waals surface area (Å²) in [6.07, 6.45) is 4.62. The quantitative estimate of drug-likeness (QED) is 0.397. The van der Waals surface area contributed by atoms with E-state index in [1.165, 1.54) is 11.0 Å². The first-order chi connectivity index (χ1) is 16.8. The molecule has 7 heteroatoms. The Morgan fingerprint density at radius 3 is 2.57 bits per heavy atom. The molecule has 0 spiro atoms. The summed E-state index contributed by atoms with van der Waals surface area (Å²) in [5.74, 6) is -2.72. The average molecular weight is 476 g/mol. The molecule has 0 saturated carbocycles. The van der Waals surface area contributed by atoms with Crippen LogP contribution in [0, 0.1) is 17.8 Å². The first kappa shape index (κ1) is 23.3. The largest absolute Gasteiger partial charge is 0.504 e. The topological polar surface area (TPSA) is 101 Å². The minimum Gasteiger partial charge on any atom is -0.504 e. The summed E-state index contributed by atoms with van der Waals surface area (Å²) in [5.41, 5.74) is 2.39. The van der Waals surface area contributed by atoms with Crippen molar-refractivity contribution in [1.82, 2.24) is 4.90 Å². The number of benzene rings is 1. The molecular weight excluding hydrogens is 446 g/mol. The van der Waals surface area contributed by atoms with Crippen LogP contribution < -0.4 is 4.74 Å². The molecule has 3 aliphatic carbocycles. The summed E-state index contributed by atoms with van der Waals surface area (Å²) >= 11 is 0. The summed E-state index contributed by atoms with van der Waals surface area (Å²) in [6.45, 7) is 6.09. The van der Waals surface area contributed by atoms with Gasteiger partial charge in [-0.3, -0.25) is 24.1 Å². The number of allylic oxidation sites excluding steroid dienone is 6. The number of hydrogen-bond donors (Lipinski definition) is 1. The van der Waals surface area contributed by atoms with Gasteiger partial charge in [0.05, 0.1) is 18.4 Å². The van der Waals surface area contributed by atoms with E-state index in [0.717, 1.165) is 5.57 Å². The van der Waals surface area contributed by atoms with Gasteiger partial charge in [-0.25, -0.2) is 0 Å². The molecule has 1 aliphatic heterocycles. The Hall–Kier alpha value is -3.48. The molecule has 182 valence electrons. The second-order valence-electron chi connectivity index (χ2n) is 9.68. The van der Waals surface area contributed by atoms with Crippen molar-refractivity contribution in [3.05, 3.63) is 58.2 Å². The maximum Gasteiger partial charge on any atom is 0.233 e. The Kier molecular flexibility index (Phi) is 5.74. The van der Waals surface area contributed by atoms with Crippen LogP contribution in [0.5, 0.6) is 11.5 Å². The molecule has 1 fully saturated rings. The first-order valence-corrected chi connectivity index (χ1v) is 12.3. The zero-order valence-electron chi connectivity index (χ0n) is 20.2. The number of nitrogens with zero attached hydrogens (tertiary/aromatic N) is 1. The standard InChI is InChI=1S/C28H29NO6/c1-4-11-29-27(33)17-10-9-15-18(23(17)28(29)34)13-19-20(30)12-14(3)25(31)24(19)22(15)16-7-6-8-21(26(16)32)35-5-2/h6-9,12,17-18,22-23,32H,4-5,10-11,13H2,1-3H3/t17-,18+,22+,23-/m0/s1. The lowest BCUT2D eigenvalue weighted by Crippen LogP contribution is -2.39. The number of rotatable bonds is 5. The molecule has 1 aromatic rings. The van der Waals surface area contributed by atoms with Crippen LogP contribution in [-0.4, -0.2) is 46.5 Å². The number of amides is 2. The highest BCUT2D eigenvalue weighted by atomic mass is 16.5. The molecule has 4 atom stereocenters. The number of carbonyl (C=O) groups excluding carboxylic acids is 4. The number of Topliss-reactive ketones (excluding diaryl/α,β-unsaturated/α-hetero) is 1. The fourth-order valence-corrected chi connectivity index (χ4v) is 6.27. The van der Waals surface area contributed by atoms with Gasteiger partial charge in [0.1, 0.15) is 0 Å². The number of fused-ring (bicyclic) bond motifs is 3. The minimum atomic E-state index is -0.687. The van der Waals surface area contributed by atoms with E-state index in [9.17, 15) is 24.3 Å². The number of aromatic hydroxyl groups is 1. The van der Waals surface area contributed by atoms with E-state index >= 15 is 0 Å². The van der Waals surface area contributed by atoms with Crippen LogP contribution in [-0.2, 0) is 19.2 Å². The highest BCUT2D eigenvalue weighted by Gasteiger charge is 2.56. The monoisotopic (exact) mass is 475 g/mol. The molecule has 1 aromatic carbocycles. The molecule has 0 unspecified atom stereocenters. The third-order valence-corrected chi connectivity index (χ3v) is 7.74. The number of likely N-dealkylation sites (tertiary alicyclic amines) is 1. The zero-order valence-corrected chi connectivity index (χ0v) is 20.2. The van der Waals surface area contributed by atoms with Gasteiger partial charge in [0, 0.05) is 34.7 Å². The second-order valence-corrected chi connectivity index (χ2v) is 9.68. The van der Waals surface area contributed by atoms with Crippen molar-refractivity contribution in [2.24, 2.45) is 17.8 Å². The van der Waals surface area contributed by atoms with Crippen LogP contribution in [0.3, 0.4) is 0 Å². The smallest absolute Gasteiger partial charge is 0.233 e. The van der Waals surface area contributed by atoms with Gasteiger partial charge in [0.15, 0.2) is 23.1 Å². The average Bonchev–Trinajstić information content (AvgIpc) is 3.08. The molecule has 1 saturated heterocycles. The SMILES string of the molecule is CCCN1C(=O)[C@H]2[C@H](CC=C3[C@H](c4cccc(OCC)c4O)C4=C(C[C@H]32)C(=O)C=C(C)C4=O)C1=O. The molecular formula is C28H29NO6. The van der Waals surface area contributed by atoms with Gasteiger partial charge in [0.25, 0.3) is 0 Å². The van der Waals surface area contributed by atoms with Crippen molar-refractivity contribution >= 4 is 23.4 Å². The van der Waals surface area contributed by atoms with Crippen LogP contribution in [0.25, 0.3) is 0 Å². The fourth-order valence-electron chi connectivity index (χ4n) is 6.27. The van der Waals surface area contributed by atoms with Crippen LogP contribution in [0.15, 0.2) is 52.6 Å². The predicted molar refractivity (Wildman–Crippen MR) is 128 cm³/mol. The fraction of sp³-hybridized carbons (Fsp3) is 0.429. The zero-order chi connectivity index (χ0) is 25.0. The van der Waals surface area contributed by atoms with Crippen molar-refractivity contribution < 1.29 is 29.0 Å². The summed E-state index contributed by atoms with van der Waals surface area (Å²) < 4.78 is 5.60. The van der Waals surface area contributed by atoms with Crippen molar-refractivity contribution in [1.29, 1.82) is 0 Å². The molecule has 1 N–H and O–H groups in total. The maximum absolute atomic E-state index is 13.4. The van der Waals surface area contributed by atoms with Crippen LogP contribution >= 0.6 is 0 Å². The maximum atomic E-state index is 13.4. The normalized spacial score (nSPS) is 27.9. The van der Waals surface area contributed by atoms with Gasteiger partial charge in [-0.1, -0.05) is 30.7 Å². The minimum absolute atomic E-state index is 0.0798. The van der Waals surface area contributed by atoms with Gasteiger partial charge in [-0.15, -0.1) is 0 Å². The third-order valence-electron chi connectivity index (χ3n) is 7.74. The van der Waals surface area contributed by atoms with E-state index < -0.39 is 23.7 Å². The van der Waals surface area contributed by atoms with Gasteiger partial charge in [-0.05, 0) is 51.2 Å². The van der Waals surface area contributed by atoms with E-state index in [-0.39, 0.29) is 35.6 Å². The number of hydrogen-bond acceptors (Lipinski definition) is 6. The molecule has 0 bridgehead atoms. The van der Waals surface area contributed by atoms with Gasteiger partial charge >= 0.3 is 0 Å². The second kappa shape index (κ2) is 8.63. The molecule has 0 aromatic heterocycles. The van der Waals surface area contributed by atoms with Gasteiger partial charge < -0.3 is 9.84 Å². The lowest BCUT2D eigenvalue weighted by atomic mass is 9.59. The Bertz CT molecular complexity index is 1250. The lowest BCUT2D eigenvalue weighted by Gasteiger charge is -2.42. The number of phenols is 1. The van der Waals surface area contributed by atoms with E-state index in [1.807, 2.05) is 19.9 Å². The molecule has 35 heavy (non-hydrogen) atoms. The van der Waals surface area contributed by atoms with E-state index in [4.69, 9.17) is 4.74 Å². The van der Waals surface area contributed by atoms with Crippen LogP contribution in [0.1, 0.15) is 51.5 Å². The Balaban J connectivity index is 1.69. The van der Waals surface area contributed by atoms with Crippen molar-refractivity contribution in [3.8, 4) is 11.5 Å². The summed E-state index contributed by atoms with van der Waals surface area (Å²) in [7, 11) is 0. The summed E-state index contributed by atoms with van der Waals surface area (Å²) in [5, 5.41) is 11.1. The van der Waals surface area contributed by atoms with Crippen molar-refractivity contribution in [3.63, 3.8) is 0 Å². The molecule has 0 radical (unpaired) electrons. The highest BCUT2D eigenvalue weighted by molar-refractivity contribution is 6.24. The molecule has 7 nitrogen and oxygen atoms in total. The number of ether oxygens (including phenoxy) is 1. The molecule has 4 aliphatic rings. The molecule has 5 rings (SSSR count). The van der Waals surface area contributed by atoms with Crippen molar-refractivity contribution in [2.75, 3.05) is 13.2 Å². The van der Waals surface area contributed by atoms with Crippen molar-refractivity contribution in [2.45, 2.75) is 46.0 Å². The predicted octanol–water partition coefficient (Wildman–Crippen LogP) is 3.63. The van der Waals surface area contributed by atoms with E-state index in [1.54, 1.807) is 25.1 Å².